The number of hydrogen-bond donors (Lipinski definition) is 1. The first-order valence-corrected chi connectivity index (χ1v) is 5.81. The first-order valence-electron chi connectivity index (χ1n) is 5.81. The molecule has 1 aromatic heterocycles. The number of furan rings is 1. The summed E-state index contributed by atoms with van der Waals surface area (Å²) in [6.07, 6.45) is 0. The Hall–Kier alpha value is -1.94. The van der Waals surface area contributed by atoms with Crippen LogP contribution in [0.3, 0.4) is 0 Å². The zero-order valence-corrected chi connectivity index (χ0v) is 10.6. The van der Waals surface area contributed by atoms with E-state index in [4.69, 9.17) is 13.9 Å². The van der Waals surface area contributed by atoms with E-state index >= 15 is 0 Å². The zero-order chi connectivity index (χ0) is 12.8. The first-order chi connectivity index (χ1) is 8.81. The monoisotopic (exact) mass is 247 g/mol. The van der Waals surface area contributed by atoms with Crippen molar-refractivity contribution >= 4 is 0 Å². The highest BCUT2D eigenvalue weighted by molar-refractivity contribution is 5.32. The lowest BCUT2D eigenvalue weighted by molar-refractivity contribution is 0.264. The van der Waals surface area contributed by atoms with Gasteiger partial charge in [-0.3, -0.25) is 0 Å². The van der Waals surface area contributed by atoms with Gasteiger partial charge in [0.15, 0.2) is 0 Å². The zero-order valence-electron chi connectivity index (χ0n) is 10.6. The van der Waals surface area contributed by atoms with Crippen molar-refractivity contribution in [2.24, 2.45) is 0 Å². The van der Waals surface area contributed by atoms with Crippen LogP contribution in [-0.2, 0) is 13.2 Å². The maximum absolute atomic E-state index is 5.63. The van der Waals surface area contributed by atoms with Gasteiger partial charge in [-0.1, -0.05) is 6.07 Å². The quantitative estimate of drug-likeness (QED) is 0.852. The number of rotatable bonds is 6. The lowest BCUT2D eigenvalue weighted by Crippen LogP contribution is -2.03. The Morgan fingerprint density at radius 1 is 1.11 bits per heavy atom. The minimum atomic E-state index is 0.414. The Bertz CT molecular complexity index is 493. The number of ether oxygens (including phenoxy) is 2. The van der Waals surface area contributed by atoms with E-state index in [2.05, 4.69) is 5.32 Å². The van der Waals surface area contributed by atoms with Crippen molar-refractivity contribution in [1.29, 1.82) is 0 Å². The van der Waals surface area contributed by atoms with Crippen LogP contribution in [-0.4, -0.2) is 14.2 Å². The van der Waals surface area contributed by atoms with E-state index < -0.39 is 0 Å². The minimum Gasteiger partial charge on any atom is -0.497 e. The summed E-state index contributed by atoms with van der Waals surface area (Å²) in [5.41, 5.74) is 0. The summed E-state index contributed by atoms with van der Waals surface area (Å²) in [7, 11) is 3.52. The van der Waals surface area contributed by atoms with Crippen LogP contribution in [0, 0.1) is 0 Å². The van der Waals surface area contributed by atoms with Crippen molar-refractivity contribution in [3.8, 4) is 11.5 Å². The molecule has 0 saturated heterocycles. The van der Waals surface area contributed by atoms with Gasteiger partial charge in [0.1, 0.15) is 29.6 Å². The molecule has 4 heteroatoms. The van der Waals surface area contributed by atoms with Gasteiger partial charge >= 0.3 is 0 Å². The molecular formula is C14H17NO3. The van der Waals surface area contributed by atoms with Crippen molar-refractivity contribution in [3.63, 3.8) is 0 Å². The third-order valence-electron chi connectivity index (χ3n) is 2.49. The van der Waals surface area contributed by atoms with Gasteiger partial charge in [0.05, 0.1) is 13.7 Å². The van der Waals surface area contributed by atoms with Gasteiger partial charge in [-0.25, -0.2) is 0 Å². The van der Waals surface area contributed by atoms with E-state index in [0.29, 0.717) is 6.61 Å². The third-order valence-corrected chi connectivity index (χ3v) is 2.49. The molecule has 2 aromatic rings. The van der Waals surface area contributed by atoms with E-state index in [-0.39, 0.29) is 0 Å². The summed E-state index contributed by atoms with van der Waals surface area (Å²) in [6, 6.07) is 11.4. The van der Waals surface area contributed by atoms with Crippen LogP contribution < -0.4 is 14.8 Å². The van der Waals surface area contributed by atoms with Gasteiger partial charge < -0.3 is 19.2 Å². The fourth-order valence-electron chi connectivity index (χ4n) is 1.61. The molecular weight excluding hydrogens is 230 g/mol. The molecule has 0 bridgehead atoms. The molecule has 0 aliphatic carbocycles. The lowest BCUT2D eigenvalue weighted by atomic mass is 10.3. The fraction of sp³-hybridized carbons (Fsp3) is 0.286. The molecule has 1 N–H and O–H groups in total. The highest BCUT2D eigenvalue weighted by Crippen LogP contribution is 2.20. The SMILES string of the molecule is CNCc1ccc(COc2cccc(OC)c2)o1. The Morgan fingerprint density at radius 3 is 2.67 bits per heavy atom. The number of methoxy groups -OCH3 is 1. The molecule has 4 nitrogen and oxygen atoms in total. The van der Waals surface area contributed by atoms with Gasteiger partial charge in [-0.2, -0.15) is 0 Å². The maximum Gasteiger partial charge on any atom is 0.146 e. The number of benzene rings is 1. The van der Waals surface area contributed by atoms with Crippen molar-refractivity contribution in [2.75, 3.05) is 14.2 Å². The van der Waals surface area contributed by atoms with Crippen molar-refractivity contribution in [1.82, 2.24) is 5.32 Å². The van der Waals surface area contributed by atoms with Crippen molar-refractivity contribution in [2.45, 2.75) is 13.2 Å². The fourth-order valence-corrected chi connectivity index (χ4v) is 1.61. The molecule has 0 spiro atoms. The first kappa shape index (κ1) is 12.5. The second-order valence-electron chi connectivity index (χ2n) is 3.87. The standard InChI is InChI=1S/C14H17NO3/c1-15-9-13-6-7-14(18-13)10-17-12-5-3-4-11(8-12)16-2/h3-8,15H,9-10H2,1-2H3. The molecule has 0 unspecified atom stereocenters. The molecule has 1 aromatic carbocycles. The number of hydrogen-bond acceptors (Lipinski definition) is 4. The van der Waals surface area contributed by atoms with Crippen LogP contribution >= 0.6 is 0 Å². The van der Waals surface area contributed by atoms with Gasteiger partial charge in [0.2, 0.25) is 0 Å². The predicted molar refractivity (Wildman–Crippen MR) is 68.8 cm³/mol. The van der Waals surface area contributed by atoms with Gasteiger partial charge in [0, 0.05) is 6.07 Å². The van der Waals surface area contributed by atoms with Crippen molar-refractivity contribution in [3.05, 3.63) is 47.9 Å². The van der Waals surface area contributed by atoms with Crippen molar-refractivity contribution < 1.29 is 13.9 Å². The molecule has 0 aliphatic heterocycles. The average molecular weight is 247 g/mol. The Kier molecular flexibility index (Phi) is 4.25. The van der Waals surface area contributed by atoms with E-state index in [1.165, 1.54) is 0 Å². The molecule has 1 heterocycles. The summed E-state index contributed by atoms with van der Waals surface area (Å²) in [5, 5.41) is 3.04. The van der Waals surface area contributed by atoms with E-state index in [1.54, 1.807) is 7.11 Å². The Morgan fingerprint density at radius 2 is 1.89 bits per heavy atom. The summed E-state index contributed by atoms with van der Waals surface area (Å²) in [5.74, 6) is 3.26. The molecule has 0 fully saturated rings. The maximum atomic E-state index is 5.63. The number of nitrogens with one attached hydrogen (secondary N) is 1. The summed E-state index contributed by atoms with van der Waals surface area (Å²) >= 11 is 0. The third kappa shape index (κ3) is 3.28. The molecule has 0 amide bonds. The van der Waals surface area contributed by atoms with Gasteiger partial charge in [-0.15, -0.1) is 0 Å². The highest BCUT2D eigenvalue weighted by atomic mass is 16.5. The predicted octanol–water partition coefficient (Wildman–Crippen LogP) is 2.59. The van der Waals surface area contributed by atoms with E-state index in [1.807, 2.05) is 43.4 Å². The van der Waals surface area contributed by atoms with Gasteiger partial charge in [0.25, 0.3) is 0 Å². The highest BCUT2D eigenvalue weighted by Gasteiger charge is 2.03. The Balaban J connectivity index is 1.93. The average Bonchev–Trinajstić information content (AvgIpc) is 2.85. The molecule has 0 radical (unpaired) electrons. The molecule has 0 saturated carbocycles. The second-order valence-corrected chi connectivity index (χ2v) is 3.87. The largest absolute Gasteiger partial charge is 0.497 e. The normalized spacial score (nSPS) is 10.3. The molecule has 96 valence electrons. The van der Waals surface area contributed by atoms with E-state index in [0.717, 1.165) is 29.6 Å². The van der Waals surface area contributed by atoms with Gasteiger partial charge in [-0.05, 0) is 31.3 Å². The smallest absolute Gasteiger partial charge is 0.146 e. The summed E-state index contributed by atoms with van der Waals surface area (Å²) < 4.78 is 16.3. The minimum absolute atomic E-state index is 0.414. The molecule has 0 aliphatic rings. The van der Waals surface area contributed by atoms with Crippen LogP contribution in [0.2, 0.25) is 0 Å². The lowest BCUT2D eigenvalue weighted by Gasteiger charge is -2.06. The van der Waals surface area contributed by atoms with Crippen LogP contribution in [0.15, 0.2) is 40.8 Å². The van der Waals surface area contributed by atoms with Crippen LogP contribution in [0.4, 0.5) is 0 Å². The van der Waals surface area contributed by atoms with Crippen LogP contribution in [0.5, 0.6) is 11.5 Å². The van der Waals surface area contributed by atoms with Crippen LogP contribution in [0.1, 0.15) is 11.5 Å². The molecule has 18 heavy (non-hydrogen) atoms. The Labute approximate surface area is 107 Å². The summed E-state index contributed by atoms with van der Waals surface area (Å²) in [4.78, 5) is 0. The van der Waals surface area contributed by atoms with Crippen LogP contribution in [0.25, 0.3) is 0 Å². The molecule has 0 atom stereocenters. The van der Waals surface area contributed by atoms with E-state index in [9.17, 15) is 0 Å². The second kappa shape index (κ2) is 6.12. The topological polar surface area (TPSA) is 43.6 Å². The molecule has 2 rings (SSSR count). The summed E-state index contributed by atoms with van der Waals surface area (Å²) in [6.45, 7) is 1.13.